The smallest absolute Gasteiger partial charge is 0.227 e. The Labute approximate surface area is 160 Å². The van der Waals surface area contributed by atoms with E-state index in [-0.39, 0.29) is 0 Å². The second kappa shape index (κ2) is 8.18. The quantitative estimate of drug-likeness (QED) is 0.753. The molecule has 0 saturated carbocycles. The van der Waals surface area contributed by atoms with Gasteiger partial charge in [0.05, 0.1) is 19.8 Å². The average molecular weight is 372 g/mol. The van der Waals surface area contributed by atoms with Crippen molar-refractivity contribution < 1.29 is 4.74 Å². The first-order valence-corrected chi connectivity index (χ1v) is 9.64. The molecule has 0 aliphatic carbocycles. The van der Waals surface area contributed by atoms with Gasteiger partial charge in [0.1, 0.15) is 18.0 Å². The van der Waals surface area contributed by atoms with E-state index in [1.807, 2.05) is 24.0 Å². The maximum atomic E-state index is 5.43. The molecule has 0 N–H and O–H groups in total. The van der Waals surface area contributed by atoms with Crippen LogP contribution in [0.3, 0.4) is 0 Å². The van der Waals surface area contributed by atoms with E-state index in [4.69, 9.17) is 9.72 Å². The first-order valence-electron chi connectivity index (χ1n) is 9.64. The van der Waals surface area contributed by atoms with E-state index in [9.17, 15) is 0 Å². The molecule has 2 fully saturated rings. The minimum Gasteiger partial charge on any atom is -0.378 e. The Hall–Kier alpha value is -2.26. The molecular formula is C18H28N8O. The highest BCUT2D eigenvalue weighted by atomic mass is 16.5. The van der Waals surface area contributed by atoms with E-state index in [0.29, 0.717) is 6.04 Å². The highest BCUT2D eigenvalue weighted by Gasteiger charge is 2.25. The summed E-state index contributed by atoms with van der Waals surface area (Å²) in [7, 11) is 4.09. The number of nitrogens with zero attached hydrogens (tertiary/aromatic N) is 8. The SMILES string of the molecule is CN(c1ccnc(N2CCOCC2)n1)C1CCCN(Cc2ncnn2C)C1. The molecule has 1 unspecified atom stereocenters. The molecule has 4 rings (SSSR count). The van der Waals surface area contributed by atoms with Gasteiger partial charge in [-0.05, 0) is 25.5 Å². The van der Waals surface area contributed by atoms with Crippen molar-refractivity contribution in [1.29, 1.82) is 0 Å². The normalized spacial score (nSPS) is 21.4. The molecule has 9 heteroatoms. The van der Waals surface area contributed by atoms with Gasteiger partial charge in [-0.3, -0.25) is 9.58 Å². The maximum absolute atomic E-state index is 5.43. The molecule has 0 radical (unpaired) electrons. The Kier molecular flexibility index (Phi) is 5.49. The lowest BCUT2D eigenvalue weighted by Crippen LogP contribution is -2.47. The Morgan fingerprint density at radius 2 is 2.07 bits per heavy atom. The fourth-order valence-corrected chi connectivity index (χ4v) is 3.79. The molecule has 2 saturated heterocycles. The molecule has 0 spiro atoms. The first kappa shape index (κ1) is 18.1. The van der Waals surface area contributed by atoms with Crippen LogP contribution in [0.4, 0.5) is 11.8 Å². The second-order valence-electron chi connectivity index (χ2n) is 7.26. The van der Waals surface area contributed by atoms with Gasteiger partial charge in [-0.1, -0.05) is 0 Å². The van der Waals surface area contributed by atoms with Crippen LogP contribution in [-0.2, 0) is 18.3 Å². The van der Waals surface area contributed by atoms with Crippen LogP contribution in [0, 0.1) is 0 Å². The van der Waals surface area contributed by atoms with E-state index in [1.54, 1.807) is 6.33 Å². The van der Waals surface area contributed by atoms with Crippen molar-refractivity contribution in [1.82, 2.24) is 29.6 Å². The number of likely N-dealkylation sites (tertiary alicyclic amines) is 1. The number of aromatic nitrogens is 5. The first-order chi connectivity index (χ1) is 13.2. The summed E-state index contributed by atoms with van der Waals surface area (Å²) in [6.07, 6.45) is 5.83. The predicted molar refractivity (Wildman–Crippen MR) is 103 cm³/mol. The zero-order valence-corrected chi connectivity index (χ0v) is 16.2. The highest BCUT2D eigenvalue weighted by molar-refractivity contribution is 5.44. The Morgan fingerprint density at radius 1 is 1.22 bits per heavy atom. The van der Waals surface area contributed by atoms with Crippen LogP contribution >= 0.6 is 0 Å². The standard InChI is InChI=1S/C18H28N8O/c1-23(16-5-6-19-18(22-16)26-8-10-27-11-9-26)15-4-3-7-25(12-15)13-17-20-14-21-24(17)2/h5-6,14-15H,3-4,7-13H2,1-2H3. The average Bonchev–Trinajstić information content (AvgIpc) is 3.13. The van der Waals surface area contributed by atoms with Crippen LogP contribution in [0.15, 0.2) is 18.6 Å². The summed E-state index contributed by atoms with van der Waals surface area (Å²) < 4.78 is 7.29. The van der Waals surface area contributed by atoms with Crippen molar-refractivity contribution >= 4 is 11.8 Å². The molecule has 9 nitrogen and oxygen atoms in total. The molecule has 0 aromatic carbocycles. The minimum atomic E-state index is 0.430. The van der Waals surface area contributed by atoms with Gasteiger partial charge in [0.15, 0.2) is 0 Å². The number of aryl methyl sites for hydroxylation is 1. The van der Waals surface area contributed by atoms with Gasteiger partial charge < -0.3 is 14.5 Å². The molecular weight excluding hydrogens is 344 g/mol. The third-order valence-corrected chi connectivity index (χ3v) is 5.48. The number of anilines is 2. The van der Waals surface area contributed by atoms with Gasteiger partial charge in [-0.2, -0.15) is 10.1 Å². The number of hydrogen-bond acceptors (Lipinski definition) is 8. The van der Waals surface area contributed by atoms with Crippen molar-refractivity contribution in [3.63, 3.8) is 0 Å². The third-order valence-electron chi connectivity index (χ3n) is 5.48. The minimum absolute atomic E-state index is 0.430. The molecule has 2 aromatic heterocycles. The van der Waals surface area contributed by atoms with Crippen molar-refractivity contribution in [2.75, 3.05) is 56.2 Å². The molecule has 2 aromatic rings. The number of piperidine rings is 1. The van der Waals surface area contributed by atoms with Crippen LogP contribution < -0.4 is 9.80 Å². The molecule has 4 heterocycles. The fraction of sp³-hybridized carbons (Fsp3) is 0.667. The molecule has 27 heavy (non-hydrogen) atoms. The van der Waals surface area contributed by atoms with Crippen molar-refractivity contribution in [2.24, 2.45) is 7.05 Å². The lowest BCUT2D eigenvalue weighted by atomic mass is 10.0. The summed E-state index contributed by atoms with van der Waals surface area (Å²) in [5.74, 6) is 2.79. The van der Waals surface area contributed by atoms with E-state index >= 15 is 0 Å². The molecule has 1 atom stereocenters. The number of ether oxygens (including phenoxy) is 1. The Morgan fingerprint density at radius 3 is 2.85 bits per heavy atom. The van der Waals surface area contributed by atoms with E-state index in [0.717, 1.165) is 63.5 Å². The van der Waals surface area contributed by atoms with Crippen LogP contribution in [0.5, 0.6) is 0 Å². The third kappa shape index (κ3) is 4.19. The van der Waals surface area contributed by atoms with E-state index in [1.165, 1.54) is 12.8 Å². The zero-order chi connectivity index (χ0) is 18.6. The Bertz CT molecular complexity index is 744. The fourth-order valence-electron chi connectivity index (χ4n) is 3.79. The number of morpholine rings is 1. The second-order valence-corrected chi connectivity index (χ2v) is 7.26. The summed E-state index contributed by atoms with van der Waals surface area (Å²) in [5.41, 5.74) is 0. The summed E-state index contributed by atoms with van der Waals surface area (Å²) in [6.45, 7) is 6.11. The maximum Gasteiger partial charge on any atom is 0.227 e. The lowest BCUT2D eigenvalue weighted by Gasteiger charge is -2.38. The zero-order valence-electron chi connectivity index (χ0n) is 16.2. The van der Waals surface area contributed by atoms with Crippen LogP contribution in [0.25, 0.3) is 0 Å². The molecule has 0 amide bonds. The van der Waals surface area contributed by atoms with Crippen molar-refractivity contribution in [3.8, 4) is 0 Å². The molecule has 2 aliphatic heterocycles. The van der Waals surface area contributed by atoms with Crippen LogP contribution in [0.2, 0.25) is 0 Å². The lowest BCUT2D eigenvalue weighted by molar-refractivity contribution is 0.122. The summed E-state index contributed by atoms with van der Waals surface area (Å²) in [6, 6.07) is 2.44. The van der Waals surface area contributed by atoms with Crippen LogP contribution in [-0.4, -0.2) is 82.1 Å². The van der Waals surface area contributed by atoms with Crippen molar-refractivity contribution in [3.05, 3.63) is 24.4 Å². The monoisotopic (exact) mass is 372 g/mol. The summed E-state index contributed by atoms with van der Waals surface area (Å²) >= 11 is 0. The van der Waals surface area contributed by atoms with Gasteiger partial charge in [0.2, 0.25) is 5.95 Å². The number of likely N-dealkylation sites (N-methyl/N-ethyl adjacent to an activating group) is 1. The number of rotatable bonds is 5. The highest BCUT2D eigenvalue weighted by Crippen LogP contribution is 2.22. The molecule has 2 aliphatic rings. The van der Waals surface area contributed by atoms with Crippen molar-refractivity contribution in [2.45, 2.75) is 25.4 Å². The number of hydrogen-bond donors (Lipinski definition) is 0. The van der Waals surface area contributed by atoms with E-state index < -0.39 is 0 Å². The van der Waals surface area contributed by atoms with Gasteiger partial charge in [-0.15, -0.1) is 0 Å². The summed E-state index contributed by atoms with van der Waals surface area (Å²) in [5, 5.41) is 4.18. The van der Waals surface area contributed by atoms with Gasteiger partial charge >= 0.3 is 0 Å². The van der Waals surface area contributed by atoms with Gasteiger partial charge in [0.25, 0.3) is 0 Å². The van der Waals surface area contributed by atoms with Crippen LogP contribution in [0.1, 0.15) is 18.7 Å². The Balaban J connectivity index is 1.42. The summed E-state index contributed by atoms with van der Waals surface area (Å²) in [4.78, 5) is 20.6. The van der Waals surface area contributed by atoms with Gasteiger partial charge in [0, 0.05) is 46.0 Å². The molecule has 146 valence electrons. The topological polar surface area (TPSA) is 75.4 Å². The predicted octanol–water partition coefficient (Wildman–Crippen LogP) is 0.543. The largest absolute Gasteiger partial charge is 0.378 e. The van der Waals surface area contributed by atoms with E-state index in [2.05, 4.69) is 36.8 Å². The molecule has 0 bridgehead atoms. The van der Waals surface area contributed by atoms with Gasteiger partial charge in [-0.25, -0.2) is 9.97 Å².